The molecule has 0 bridgehead atoms. The van der Waals surface area contributed by atoms with Gasteiger partial charge in [-0.05, 0) is 57.1 Å². The summed E-state index contributed by atoms with van der Waals surface area (Å²) in [6.07, 6.45) is -2.14. The fraction of sp³-hybridized carbons (Fsp3) is 0.650. The van der Waals surface area contributed by atoms with Crippen LogP contribution in [-0.2, 0) is 6.54 Å². The quantitative estimate of drug-likeness (QED) is 0.182. The maximum Gasteiger partial charge on any atom is 0.422 e. The molecule has 0 saturated carbocycles. The van der Waals surface area contributed by atoms with Gasteiger partial charge in [-0.3, -0.25) is 0 Å². The molecule has 9 heteroatoms. The van der Waals surface area contributed by atoms with E-state index in [0.29, 0.717) is 6.54 Å². The molecule has 0 aliphatic heterocycles. The van der Waals surface area contributed by atoms with Crippen LogP contribution < -0.4 is 15.4 Å². The average molecular weight is 530 g/mol. The Hall–Kier alpha value is -1.23. The zero-order chi connectivity index (χ0) is 20.8. The van der Waals surface area contributed by atoms with Crippen LogP contribution in [0.25, 0.3) is 0 Å². The molecule has 1 aromatic carbocycles. The van der Waals surface area contributed by atoms with Gasteiger partial charge in [0.05, 0.1) is 6.54 Å². The average Bonchev–Trinajstić information content (AvgIpc) is 2.67. The van der Waals surface area contributed by atoms with Gasteiger partial charge in [-0.1, -0.05) is 26.0 Å². The van der Waals surface area contributed by atoms with Crippen molar-refractivity contribution in [2.45, 2.75) is 46.3 Å². The molecule has 0 amide bonds. The first kappa shape index (κ1) is 27.8. The molecule has 2 N–H and O–H groups in total. The highest BCUT2D eigenvalue weighted by Gasteiger charge is 2.28. The molecule has 29 heavy (non-hydrogen) atoms. The third kappa shape index (κ3) is 13.6. The molecule has 0 aromatic heterocycles. The summed E-state index contributed by atoms with van der Waals surface area (Å²) < 4.78 is 41.2. The minimum atomic E-state index is -4.33. The maximum absolute atomic E-state index is 12.2. The summed E-state index contributed by atoms with van der Waals surface area (Å²) in [6.45, 7) is 10.4. The SMILES string of the molecule is CCNC(=NCc1ccc(OCC(F)(F)F)cc1)NCCCCN(CC)CC.I. The number of rotatable bonds is 12. The number of benzene rings is 1. The monoisotopic (exact) mass is 530 g/mol. The van der Waals surface area contributed by atoms with Crippen molar-refractivity contribution in [3.05, 3.63) is 29.8 Å². The smallest absolute Gasteiger partial charge is 0.422 e. The number of hydrogen-bond donors (Lipinski definition) is 2. The standard InChI is InChI=1S/C20H33F3N4O.HI/c1-4-24-19(25-13-7-8-14-27(5-2)6-3)26-15-17-9-11-18(12-10-17)28-16-20(21,22)23;/h9-12H,4-8,13-16H2,1-3H3,(H2,24,25,26);1H. The van der Waals surface area contributed by atoms with E-state index in [-0.39, 0.29) is 29.7 Å². The van der Waals surface area contributed by atoms with Gasteiger partial charge in [0.15, 0.2) is 12.6 Å². The molecule has 0 atom stereocenters. The first-order valence-electron chi connectivity index (χ1n) is 9.91. The first-order valence-corrected chi connectivity index (χ1v) is 9.91. The van der Waals surface area contributed by atoms with E-state index in [0.717, 1.165) is 57.1 Å². The molecule has 168 valence electrons. The highest BCUT2D eigenvalue weighted by molar-refractivity contribution is 14.0. The summed E-state index contributed by atoms with van der Waals surface area (Å²) in [6, 6.07) is 6.51. The molecule has 0 spiro atoms. The Bertz CT molecular complexity index is 564. The Morgan fingerprint density at radius 1 is 1.03 bits per heavy atom. The summed E-state index contributed by atoms with van der Waals surface area (Å²) in [4.78, 5) is 6.93. The predicted molar refractivity (Wildman–Crippen MR) is 123 cm³/mol. The van der Waals surface area contributed by atoms with Crippen molar-refractivity contribution in [2.24, 2.45) is 4.99 Å². The molecule has 0 fully saturated rings. The lowest BCUT2D eigenvalue weighted by Gasteiger charge is -2.18. The summed E-state index contributed by atoms with van der Waals surface area (Å²) in [5, 5.41) is 6.52. The first-order chi connectivity index (χ1) is 13.4. The van der Waals surface area contributed by atoms with Crippen LogP contribution in [0, 0.1) is 0 Å². The molecule has 5 nitrogen and oxygen atoms in total. The molecule has 1 rings (SSSR count). The van der Waals surface area contributed by atoms with E-state index in [9.17, 15) is 13.2 Å². The number of nitrogens with one attached hydrogen (secondary N) is 2. The molecule has 0 radical (unpaired) electrons. The van der Waals surface area contributed by atoms with Crippen molar-refractivity contribution in [1.82, 2.24) is 15.5 Å². The number of aliphatic imine (C=N–C) groups is 1. The molecule has 0 aliphatic rings. The minimum absolute atomic E-state index is 0. The van der Waals surface area contributed by atoms with Crippen LogP contribution >= 0.6 is 24.0 Å². The van der Waals surface area contributed by atoms with E-state index < -0.39 is 12.8 Å². The maximum atomic E-state index is 12.2. The zero-order valence-corrected chi connectivity index (χ0v) is 19.8. The fourth-order valence-electron chi connectivity index (χ4n) is 2.58. The number of guanidine groups is 1. The normalized spacial score (nSPS) is 11.9. The number of nitrogens with zero attached hydrogens (tertiary/aromatic N) is 2. The number of hydrogen-bond acceptors (Lipinski definition) is 3. The van der Waals surface area contributed by atoms with Crippen molar-refractivity contribution < 1.29 is 17.9 Å². The zero-order valence-electron chi connectivity index (χ0n) is 17.5. The number of ether oxygens (including phenoxy) is 1. The van der Waals surface area contributed by atoms with Crippen LogP contribution in [0.4, 0.5) is 13.2 Å². The van der Waals surface area contributed by atoms with Gasteiger partial charge in [0, 0.05) is 13.1 Å². The van der Waals surface area contributed by atoms with Gasteiger partial charge in [-0.2, -0.15) is 13.2 Å². The minimum Gasteiger partial charge on any atom is -0.484 e. The highest BCUT2D eigenvalue weighted by Crippen LogP contribution is 2.19. The summed E-state index contributed by atoms with van der Waals surface area (Å²) in [7, 11) is 0. The van der Waals surface area contributed by atoms with Crippen molar-refractivity contribution >= 4 is 29.9 Å². The van der Waals surface area contributed by atoms with Crippen LogP contribution in [0.2, 0.25) is 0 Å². The number of unbranched alkanes of at least 4 members (excludes halogenated alkanes) is 1. The fourth-order valence-corrected chi connectivity index (χ4v) is 2.58. The Labute approximate surface area is 189 Å². The molecular formula is C20H34F3IN4O. The molecule has 1 aromatic rings. The summed E-state index contributed by atoms with van der Waals surface area (Å²) in [5.74, 6) is 0.936. The molecular weight excluding hydrogens is 496 g/mol. The molecule has 0 unspecified atom stereocenters. The number of halogens is 4. The van der Waals surface area contributed by atoms with Gasteiger partial charge in [-0.25, -0.2) is 4.99 Å². The Balaban J connectivity index is 0.00000784. The molecule has 0 saturated heterocycles. The van der Waals surface area contributed by atoms with E-state index in [1.165, 1.54) is 12.1 Å². The predicted octanol–water partition coefficient (Wildman–Crippen LogP) is 4.42. The van der Waals surface area contributed by atoms with Gasteiger partial charge < -0.3 is 20.3 Å². The summed E-state index contributed by atoms with van der Waals surface area (Å²) >= 11 is 0. The molecule has 0 aliphatic carbocycles. The topological polar surface area (TPSA) is 48.9 Å². The van der Waals surface area contributed by atoms with Crippen molar-refractivity contribution in [3.63, 3.8) is 0 Å². The van der Waals surface area contributed by atoms with Crippen LogP contribution in [0.3, 0.4) is 0 Å². The van der Waals surface area contributed by atoms with Gasteiger partial charge in [0.1, 0.15) is 5.75 Å². The number of alkyl halides is 3. The Morgan fingerprint density at radius 3 is 2.24 bits per heavy atom. The van der Waals surface area contributed by atoms with E-state index >= 15 is 0 Å². The largest absolute Gasteiger partial charge is 0.484 e. The third-order valence-corrected chi connectivity index (χ3v) is 4.18. The highest BCUT2D eigenvalue weighted by atomic mass is 127. The van der Waals surface area contributed by atoms with Gasteiger partial charge in [0.25, 0.3) is 0 Å². The summed E-state index contributed by atoms with van der Waals surface area (Å²) in [5.41, 5.74) is 0.901. The molecule has 0 heterocycles. The van der Waals surface area contributed by atoms with E-state index in [1.54, 1.807) is 12.1 Å². The van der Waals surface area contributed by atoms with Crippen LogP contribution in [0.5, 0.6) is 5.75 Å². The van der Waals surface area contributed by atoms with Crippen LogP contribution in [-0.4, -0.2) is 56.4 Å². The van der Waals surface area contributed by atoms with Crippen molar-refractivity contribution in [2.75, 3.05) is 39.3 Å². The second-order valence-corrected chi connectivity index (χ2v) is 6.40. The second kappa shape index (κ2) is 15.6. The van der Waals surface area contributed by atoms with Gasteiger partial charge >= 0.3 is 6.18 Å². The van der Waals surface area contributed by atoms with Crippen LogP contribution in [0.15, 0.2) is 29.3 Å². The van der Waals surface area contributed by atoms with E-state index in [2.05, 4.69) is 34.4 Å². The van der Waals surface area contributed by atoms with E-state index in [1.807, 2.05) is 6.92 Å². The Morgan fingerprint density at radius 2 is 1.69 bits per heavy atom. The lowest BCUT2D eigenvalue weighted by atomic mass is 10.2. The van der Waals surface area contributed by atoms with E-state index in [4.69, 9.17) is 4.74 Å². The lowest BCUT2D eigenvalue weighted by molar-refractivity contribution is -0.153. The Kier molecular flexibility index (Phi) is 14.9. The van der Waals surface area contributed by atoms with Crippen molar-refractivity contribution in [3.8, 4) is 5.75 Å². The second-order valence-electron chi connectivity index (χ2n) is 6.40. The lowest BCUT2D eigenvalue weighted by Crippen LogP contribution is -2.38. The van der Waals surface area contributed by atoms with Crippen LogP contribution in [0.1, 0.15) is 39.2 Å². The third-order valence-electron chi connectivity index (χ3n) is 4.18. The van der Waals surface area contributed by atoms with Gasteiger partial charge in [0.2, 0.25) is 0 Å². The van der Waals surface area contributed by atoms with Crippen molar-refractivity contribution in [1.29, 1.82) is 0 Å². The van der Waals surface area contributed by atoms with Gasteiger partial charge in [-0.15, -0.1) is 24.0 Å².